The maximum atomic E-state index is 5.72. The number of hydrogen-bond acceptors (Lipinski definition) is 2. The summed E-state index contributed by atoms with van der Waals surface area (Å²) >= 11 is 0. The molecule has 96 valence electrons. The van der Waals surface area contributed by atoms with Crippen molar-refractivity contribution in [2.24, 2.45) is 0 Å². The van der Waals surface area contributed by atoms with Gasteiger partial charge < -0.3 is 0 Å². The smallest absolute Gasteiger partial charge is 0.118 e. The maximum Gasteiger partial charge on any atom is 0.118 e. The van der Waals surface area contributed by atoms with E-state index in [-0.39, 0.29) is 0 Å². The molecule has 1 aromatic heterocycles. The Bertz CT molecular complexity index is 515. The van der Waals surface area contributed by atoms with Crippen LogP contribution >= 0.6 is 0 Å². The lowest BCUT2D eigenvalue weighted by Crippen LogP contribution is -2.34. The SMILES string of the molecule is [B]c1cnn(C2CCN(Cc3ccccc3)CC2)c1. The minimum atomic E-state index is 0.504. The van der Waals surface area contributed by atoms with Crippen LogP contribution in [0.2, 0.25) is 0 Å². The molecular weight excluding hydrogens is 233 g/mol. The Kier molecular flexibility index (Phi) is 3.69. The predicted molar refractivity (Wildman–Crippen MR) is 77.6 cm³/mol. The summed E-state index contributed by atoms with van der Waals surface area (Å²) in [5, 5.41) is 4.32. The van der Waals surface area contributed by atoms with Gasteiger partial charge in [0.25, 0.3) is 0 Å². The van der Waals surface area contributed by atoms with Crippen LogP contribution < -0.4 is 5.46 Å². The fourth-order valence-corrected chi connectivity index (χ4v) is 2.74. The molecule has 0 atom stereocenters. The highest BCUT2D eigenvalue weighted by Gasteiger charge is 2.20. The molecule has 2 aromatic rings. The van der Waals surface area contributed by atoms with E-state index in [0.717, 1.165) is 37.9 Å². The van der Waals surface area contributed by atoms with Crippen LogP contribution in [0.4, 0.5) is 0 Å². The van der Waals surface area contributed by atoms with Crippen molar-refractivity contribution >= 4 is 13.3 Å². The van der Waals surface area contributed by atoms with Crippen LogP contribution in [0.1, 0.15) is 24.4 Å². The van der Waals surface area contributed by atoms with E-state index in [2.05, 4.69) is 40.3 Å². The molecular formula is C15H18BN3. The molecule has 1 saturated heterocycles. The maximum absolute atomic E-state index is 5.72. The topological polar surface area (TPSA) is 21.1 Å². The Labute approximate surface area is 115 Å². The Morgan fingerprint density at radius 1 is 1.16 bits per heavy atom. The fraction of sp³-hybridized carbons (Fsp3) is 0.400. The van der Waals surface area contributed by atoms with Gasteiger partial charge in [0, 0.05) is 32.0 Å². The highest BCUT2D eigenvalue weighted by molar-refractivity contribution is 6.31. The molecule has 1 aliphatic rings. The molecule has 4 heteroatoms. The Morgan fingerprint density at radius 3 is 2.53 bits per heavy atom. The zero-order chi connectivity index (χ0) is 13.1. The fourth-order valence-electron chi connectivity index (χ4n) is 2.74. The molecule has 1 fully saturated rings. The molecule has 0 amide bonds. The molecule has 0 unspecified atom stereocenters. The third-order valence-electron chi connectivity index (χ3n) is 3.80. The molecule has 1 aliphatic heterocycles. The van der Waals surface area contributed by atoms with Crippen LogP contribution in [0.15, 0.2) is 42.7 Å². The quantitative estimate of drug-likeness (QED) is 0.771. The first kappa shape index (κ1) is 12.5. The third kappa shape index (κ3) is 3.07. The van der Waals surface area contributed by atoms with Crippen molar-refractivity contribution in [2.45, 2.75) is 25.4 Å². The van der Waals surface area contributed by atoms with E-state index < -0.39 is 0 Å². The van der Waals surface area contributed by atoms with Crippen LogP contribution in [0.5, 0.6) is 0 Å². The highest BCUT2D eigenvalue weighted by atomic mass is 15.3. The lowest BCUT2D eigenvalue weighted by Gasteiger charge is -2.32. The first-order valence-corrected chi connectivity index (χ1v) is 6.87. The summed E-state index contributed by atoms with van der Waals surface area (Å²) in [6.45, 7) is 3.30. The highest BCUT2D eigenvalue weighted by Crippen LogP contribution is 2.22. The summed E-state index contributed by atoms with van der Waals surface area (Å²) in [5.41, 5.74) is 2.15. The number of benzene rings is 1. The zero-order valence-corrected chi connectivity index (χ0v) is 11.1. The average Bonchev–Trinajstić information content (AvgIpc) is 2.87. The van der Waals surface area contributed by atoms with E-state index in [4.69, 9.17) is 7.85 Å². The largest absolute Gasteiger partial charge is 0.299 e. The van der Waals surface area contributed by atoms with Crippen molar-refractivity contribution in [3.8, 4) is 0 Å². The van der Waals surface area contributed by atoms with Gasteiger partial charge in [0.05, 0.1) is 6.04 Å². The monoisotopic (exact) mass is 251 g/mol. The van der Waals surface area contributed by atoms with Gasteiger partial charge in [0.1, 0.15) is 7.85 Å². The van der Waals surface area contributed by atoms with Gasteiger partial charge in [-0.15, -0.1) is 0 Å². The minimum absolute atomic E-state index is 0.504. The van der Waals surface area contributed by atoms with Crippen molar-refractivity contribution in [1.82, 2.24) is 14.7 Å². The van der Waals surface area contributed by atoms with Crippen LogP contribution in [0.25, 0.3) is 0 Å². The molecule has 0 N–H and O–H groups in total. The lowest BCUT2D eigenvalue weighted by atomic mass is 10.0. The first-order valence-electron chi connectivity index (χ1n) is 6.87. The predicted octanol–water partition coefficient (Wildman–Crippen LogP) is 1.51. The van der Waals surface area contributed by atoms with Gasteiger partial charge >= 0.3 is 0 Å². The van der Waals surface area contributed by atoms with Gasteiger partial charge in [-0.3, -0.25) is 9.58 Å². The number of hydrogen-bond donors (Lipinski definition) is 0. The second-order valence-electron chi connectivity index (χ2n) is 5.25. The molecule has 0 spiro atoms. The van der Waals surface area contributed by atoms with E-state index >= 15 is 0 Å². The molecule has 0 aliphatic carbocycles. The molecule has 2 heterocycles. The normalized spacial score (nSPS) is 17.7. The lowest BCUT2D eigenvalue weighted by molar-refractivity contribution is 0.173. The second-order valence-corrected chi connectivity index (χ2v) is 5.25. The Balaban J connectivity index is 1.55. The van der Waals surface area contributed by atoms with Crippen molar-refractivity contribution < 1.29 is 0 Å². The number of likely N-dealkylation sites (tertiary alicyclic amines) is 1. The van der Waals surface area contributed by atoms with E-state index in [1.165, 1.54) is 5.56 Å². The van der Waals surface area contributed by atoms with Crippen LogP contribution in [-0.4, -0.2) is 35.6 Å². The molecule has 3 rings (SSSR count). The molecule has 0 bridgehead atoms. The summed E-state index contributed by atoms with van der Waals surface area (Å²) in [4.78, 5) is 2.51. The molecule has 3 nitrogen and oxygen atoms in total. The first-order chi connectivity index (χ1) is 9.31. The van der Waals surface area contributed by atoms with Gasteiger partial charge in [-0.25, -0.2) is 0 Å². The van der Waals surface area contributed by atoms with Crippen molar-refractivity contribution in [3.05, 3.63) is 48.3 Å². The van der Waals surface area contributed by atoms with E-state index in [9.17, 15) is 0 Å². The van der Waals surface area contributed by atoms with Crippen molar-refractivity contribution in [3.63, 3.8) is 0 Å². The van der Waals surface area contributed by atoms with Crippen LogP contribution in [0, 0.1) is 0 Å². The average molecular weight is 251 g/mol. The summed E-state index contributed by atoms with van der Waals surface area (Å²) in [7, 11) is 5.72. The Morgan fingerprint density at radius 2 is 1.89 bits per heavy atom. The van der Waals surface area contributed by atoms with Gasteiger partial charge in [-0.05, 0) is 18.4 Å². The van der Waals surface area contributed by atoms with Gasteiger partial charge in [0.2, 0.25) is 0 Å². The van der Waals surface area contributed by atoms with Crippen LogP contribution in [0.3, 0.4) is 0 Å². The van der Waals surface area contributed by atoms with E-state index in [0.29, 0.717) is 6.04 Å². The second kappa shape index (κ2) is 5.62. The van der Waals surface area contributed by atoms with Crippen molar-refractivity contribution in [1.29, 1.82) is 0 Å². The summed E-state index contributed by atoms with van der Waals surface area (Å²) < 4.78 is 2.02. The number of piperidine rings is 1. The van der Waals surface area contributed by atoms with Gasteiger partial charge in [0.15, 0.2) is 0 Å². The zero-order valence-electron chi connectivity index (χ0n) is 11.1. The molecule has 19 heavy (non-hydrogen) atoms. The van der Waals surface area contributed by atoms with E-state index in [1.54, 1.807) is 6.20 Å². The number of rotatable bonds is 3. The van der Waals surface area contributed by atoms with Crippen LogP contribution in [-0.2, 0) is 6.54 Å². The van der Waals surface area contributed by atoms with Gasteiger partial charge in [-0.1, -0.05) is 35.8 Å². The summed E-state index contributed by atoms with van der Waals surface area (Å²) in [6.07, 6.45) is 5.97. The minimum Gasteiger partial charge on any atom is -0.299 e. The molecule has 0 saturated carbocycles. The summed E-state index contributed by atoms with van der Waals surface area (Å²) in [5.74, 6) is 0. The standard InChI is InChI=1S/C15H18BN3/c16-14-10-17-19(12-14)15-6-8-18(9-7-15)11-13-4-2-1-3-5-13/h1-5,10,12,15H,6-9,11H2. The van der Waals surface area contributed by atoms with E-state index in [1.807, 2.05) is 10.9 Å². The van der Waals surface area contributed by atoms with Crippen molar-refractivity contribution in [2.75, 3.05) is 13.1 Å². The summed E-state index contributed by atoms with van der Waals surface area (Å²) in [6, 6.07) is 11.2. The number of nitrogens with zero attached hydrogens (tertiary/aromatic N) is 3. The third-order valence-corrected chi connectivity index (χ3v) is 3.80. The van der Waals surface area contributed by atoms with Gasteiger partial charge in [-0.2, -0.15) is 5.10 Å². The number of aromatic nitrogens is 2. The Hall–Kier alpha value is -1.55. The molecule has 1 aromatic carbocycles. The molecule has 2 radical (unpaired) electrons.